The number of hydrogen-bond acceptors (Lipinski definition) is 6. The summed E-state index contributed by atoms with van der Waals surface area (Å²) in [4.78, 5) is 24.6. The van der Waals surface area contributed by atoms with E-state index in [1.165, 1.54) is 16.1 Å². The average Bonchev–Trinajstić information content (AvgIpc) is 2.71. The molecule has 2 amide bonds. The normalized spacial score (nSPS) is 17.4. The van der Waals surface area contributed by atoms with Gasteiger partial charge in [0.1, 0.15) is 12.1 Å². The molecule has 11 heteroatoms. The minimum absolute atomic E-state index is 0.159. The number of primary amides is 1. The van der Waals surface area contributed by atoms with Crippen molar-refractivity contribution >= 4 is 33.8 Å². The molecule has 29 heavy (non-hydrogen) atoms. The Bertz CT molecular complexity index is 770. The number of piperazine rings is 1. The lowest BCUT2D eigenvalue weighted by molar-refractivity contribution is -0.128. The minimum Gasteiger partial charge on any atom is -0.368 e. The summed E-state index contributed by atoms with van der Waals surface area (Å²) in [5.74, 6) is -0.572. The summed E-state index contributed by atoms with van der Waals surface area (Å²) in [6.45, 7) is 1.75. The summed E-state index contributed by atoms with van der Waals surface area (Å²) in [6.07, 6.45) is 2.43. The quantitative estimate of drug-likeness (QED) is 0.349. The van der Waals surface area contributed by atoms with Crippen LogP contribution >= 0.6 is 11.8 Å². The van der Waals surface area contributed by atoms with Crippen LogP contribution in [-0.4, -0.2) is 74.8 Å². The zero-order chi connectivity index (χ0) is 21.3. The van der Waals surface area contributed by atoms with Gasteiger partial charge in [-0.2, -0.15) is 29.2 Å². The van der Waals surface area contributed by atoms with Gasteiger partial charge in [0.25, 0.3) is 10.2 Å². The van der Waals surface area contributed by atoms with E-state index in [1.54, 1.807) is 0 Å². The van der Waals surface area contributed by atoms with Crippen LogP contribution in [0.25, 0.3) is 0 Å². The van der Waals surface area contributed by atoms with E-state index in [1.807, 2.05) is 36.6 Å². The topological polar surface area (TPSA) is 134 Å². The lowest BCUT2D eigenvalue weighted by Gasteiger charge is -2.29. The Hall–Kier alpha value is -1.66. The first-order valence-electron chi connectivity index (χ1n) is 9.44. The molecular formula is C18H29N5O4S2. The molecule has 1 aromatic rings. The molecule has 1 saturated heterocycles. The largest absolute Gasteiger partial charge is 0.368 e. The number of thioether (sulfide) groups is 1. The van der Waals surface area contributed by atoms with Crippen molar-refractivity contribution < 1.29 is 18.0 Å². The SMILES string of the molecule is CSCC[C@H](NC(=O)[C@H](Cc1ccccc1)NS(=O)(=O)N1CCNCC1)C(N)=O. The Kier molecular flexibility index (Phi) is 9.37. The van der Waals surface area contributed by atoms with Gasteiger partial charge in [-0.25, -0.2) is 0 Å². The second-order valence-corrected chi connectivity index (χ2v) is 9.45. The highest BCUT2D eigenvalue weighted by Gasteiger charge is 2.31. The monoisotopic (exact) mass is 443 g/mol. The summed E-state index contributed by atoms with van der Waals surface area (Å²) in [7, 11) is -3.86. The number of carbonyl (C=O) groups excluding carboxylic acids is 2. The fourth-order valence-corrected chi connectivity index (χ4v) is 4.80. The molecule has 1 fully saturated rings. The van der Waals surface area contributed by atoms with Crippen molar-refractivity contribution in [2.45, 2.75) is 24.9 Å². The third-order valence-corrected chi connectivity index (χ3v) is 6.85. The molecule has 0 aromatic heterocycles. The van der Waals surface area contributed by atoms with Gasteiger partial charge < -0.3 is 16.4 Å². The highest BCUT2D eigenvalue weighted by Crippen LogP contribution is 2.09. The van der Waals surface area contributed by atoms with E-state index in [4.69, 9.17) is 5.73 Å². The number of nitrogens with zero attached hydrogens (tertiary/aromatic N) is 1. The molecule has 0 spiro atoms. The fourth-order valence-electron chi connectivity index (χ4n) is 2.97. The Morgan fingerprint density at radius 1 is 1.21 bits per heavy atom. The van der Waals surface area contributed by atoms with Gasteiger partial charge in [-0.15, -0.1) is 0 Å². The first-order chi connectivity index (χ1) is 13.8. The Labute approximate surface area is 176 Å². The predicted octanol–water partition coefficient (Wildman–Crippen LogP) is -0.939. The molecule has 162 valence electrons. The molecule has 0 saturated carbocycles. The molecule has 0 unspecified atom stereocenters. The van der Waals surface area contributed by atoms with Crippen LogP contribution in [0.15, 0.2) is 30.3 Å². The molecule has 0 aliphatic carbocycles. The zero-order valence-corrected chi connectivity index (χ0v) is 18.1. The zero-order valence-electron chi connectivity index (χ0n) is 16.5. The smallest absolute Gasteiger partial charge is 0.280 e. The standard InChI is InChI=1S/C18H29N5O4S2/c1-28-12-7-15(17(19)24)21-18(25)16(13-14-5-3-2-4-6-14)22-29(26,27)23-10-8-20-9-11-23/h2-6,15-16,20,22H,7-13H2,1H3,(H2,19,24)(H,21,25)/t15-,16-/m0/s1. The van der Waals surface area contributed by atoms with Crippen molar-refractivity contribution in [3.05, 3.63) is 35.9 Å². The van der Waals surface area contributed by atoms with Gasteiger partial charge in [-0.3, -0.25) is 9.59 Å². The lowest BCUT2D eigenvalue weighted by atomic mass is 10.1. The van der Waals surface area contributed by atoms with Gasteiger partial charge in [-0.05, 0) is 30.4 Å². The van der Waals surface area contributed by atoms with E-state index >= 15 is 0 Å². The second-order valence-electron chi connectivity index (χ2n) is 6.76. The molecule has 1 aliphatic rings. The van der Waals surface area contributed by atoms with Gasteiger partial charge in [0.05, 0.1) is 0 Å². The van der Waals surface area contributed by atoms with Crippen molar-refractivity contribution in [1.82, 2.24) is 19.7 Å². The molecule has 1 aromatic carbocycles. The van der Waals surface area contributed by atoms with Crippen LogP contribution < -0.4 is 21.1 Å². The number of nitrogens with two attached hydrogens (primary N) is 1. The highest BCUT2D eigenvalue weighted by atomic mass is 32.2. The number of rotatable bonds is 11. The molecule has 5 N–H and O–H groups in total. The van der Waals surface area contributed by atoms with Gasteiger partial charge >= 0.3 is 0 Å². The number of nitrogens with one attached hydrogen (secondary N) is 3. The Morgan fingerprint density at radius 3 is 2.45 bits per heavy atom. The maximum absolute atomic E-state index is 12.9. The Morgan fingerprint density at radius 2 is 1.86 bits per heavy atom. The van der Waals surface area contributed by atoms with Crippen LogP contribution in [0.3, 0.4) is 0 Å². The highest BCUT2D eigenvalue weighted by molar-refractivity contribution is 7.98. The first-order valence-corrected chi connectivity index (χ1v) is 12.3. The summed E-state index contributed by atoms with van der Waals surface area (Å²) in [5.41, 5.74) is 6.21. The molecule has 9 nitrogen and oxygen atoms in total. The number of hydrogen-bond donors (Lipinski definition) is 4. The van der Waals surface area contributed by atoms with Gasteiger partial charge in [-0.1, -0.05) is 30.3 Å². The maximum atomic E-state index is 12.9. The fraction of sp³-hybridized carbons (Fsp3) is 0.556. The van der Waals surface area contributed by atoms with E-state index in [0.717, 1.165) is 5.56 Å². The van der Waals surface area contributed by atoms with Crippen molar-refractivity contribution in [1.29, 1.82) is 0 Å². The van der Waals surface area contributed by atoms with Crippen LogP contribution in [0.4, 0.5) is 0 Å². The Balaban J connectivity index is 2.17. The van der Waals surface area contributed by atoms with Gasteiger partial charge in [0, 0.05) is 26.2 Å². The molecule has 2 rings (SSSR count). The number of amides is 2. The summed E-state index contributed by atoms with van der Waals surface area (Å²) in [5, 5.41) is 5.71. The summed E-state index contributed by atoms with van der Waals surface area (Å²) in [6, 6.07) is 7.21. The van der Waals surface area contributed by atoms with Crippen molar-refractivity contribution in [2.24, 2.45) is 5.73 Å². The minimum atomic E-state index is -3.86. The van der Waals surface area contributed by atoms with Crippen LogP contribution in [0, 0.1) is 0 Å². The first kappa shape index (κ1) is 23.6. The molecule has 0 radical (unpaired) electrons. The van der Waals surface area contributed by atoms with Crippen molar-refractivity contribution in [3.8, 4) is 0 Å². The third kappa shape index (κ3) is 7.59. The van der Waals surface area contributed by atoms with E-state index < -0.39 is 34.1 Å². The third-order valence-electron chi connectivity index (χ3n) is 4.58. The molecule has 1 aliphatic heterocycles. The lowest BCUT2D eigenvalue weighted by Crippen LogP contribution is -2.57. The van der Waals surface area contributed by atoms with Gasteiger partial charge in [0.15, 0.2) is 0 Å². The summed E-state index contributed by atoms with van der Waals surface area (Å²) >= 11 is 1.53. The molecular weight excluding hydrogens is 414 g/mol. The molecule has 0 bridgehead atoms. The second kappa shape index (κ2) is 11.5. The average molecular weight is 444 g/mol. The summed E-state index contributed by atoms with van der Waals surface area (Å²) < 4.78 is 29.4. The number of carbonyl (C=O) groups is 2. The van der Waals surface area contributed by atoms with E-state index in [0.29, 0.717) is 38.4 Å². The number of benzene rings is 1. The van der Waals surface area contributed by atoms with E-state index in [-0.39, 0.29) is 6.42 Å². The van der Waals surface area contributed by atoms with E-state index in [2.05, 4.69) is 15.4 Å². The molecule has 2 atom stereocenters. The van der Waals surface area contributed by atoms with Crippen LogP contribution in [-0.2, 0) is 26.2 Å². The van der Waals surface area contributed by atoms with Crippen molar-refractivity contribution in [2.75, 3.05) is 38.2 Å². The maximum Gasteiger partial charge on any atom is 0.280 e. The van der Waals surface area contributed by atoms with Crippen LogP contribution in [0.1, 0.15) is 12.0 Å². The van der Waals surface area contributed by atoms with Gasteiger partial charge in [0.2, 0.25) is 11.8 Å². The molecule has 1 heterocycles. The van der Waals surface area contributed by atoms with Crippen LogP contribution in [0.5, 0.6) is 0 Å². The predicted molar refractivity (Wildman–Crippen MR) is 115 cm³/mol. The van der Waals surface area contributed by atoms with E-state index in [9.17, 15) is 18.0 Å². The van der Waals surface area contributed by atoms with Crippen LogP contribution in [0.2, 0.25) is 0 Å². The van der Waals surface area contributed by atoms with Crippen molar-refractivity contribution in [3.63, 3.8) is 0 Å².